The van der Waals surface area contributed by atoms with Crippen LogP contribution in [-0.2, 0) is 29.7 Å². The van der Waals surface area contributed by atoms with E-state index in [1.54, 1.807) is 20.0 Å². The normalized spacial score (nSPS) is 11.0. The van der Waals surface area contributed by atoms with Crippen LogP contribution >= 0.6 is 0 Å². The number of rotatable bonds is 5. The van der Waals surface area contributed by atoms with Crippen LogP contribution in [0.4, 0.5) is 0 Å². The maximum atomic E-state index is 12.2. The van der Waals surface area contributed by atoms with Crippen molar-refractivity contribution in [2.24, 2.45) is 7.05 Å². The van der Waals surface area contributed by atoms with E-state index in [0.717, 1.165) is 0 Å². The molecule has 3 heterocycles. The average molecular weight is 317 g/mol. The van der Waals surface area contributed by atoms with Gasteiger partial charge in [-0.05, 0) is 6.92 Å². The molecule has 120 valence electrons. The first-order valence-electron chi connectivity index (χ1n) is 6.99. The van der Waals surface area contributed by atoms with E-state index in [-0.39, 0.29) is 25.1 Å². The van der Waals surface area contributed by atoms with Gasteiger partial charge in [0.05, 0.1) is 18.9 Å². The van der Waals surface area contributed by atoms with Gasteiger partial charge in [-0.25, -0.2) is 4.98 Å². The highest BCUT2D eigenvalue weighted by atomic mass is 16.5. The summed E-state index contributed by atoms with van der Waals surface area (Å²) in [6.45, 7) is 1.99. The standard InChI is InChI=1S/C14H15N5O4/c1-9-5-10(17-23-9)7-22-12(20)3-4-19-8-15-13-11(14(19)21)6-16-18(13)2/h5-6,8H,3-4,7H2,1-2H3. The fourth-order valence-electron chi connectivity index (χ4n) is 2.15. The summed E-state index contributed by atoms with van der Waals surface area (Å²) in [7, 11) is 1.71. The fourth-order valence-corrected chi connectivity index (χ4v) is 2.15. The summed E-state index contributed by atoms with van der Waals surface area (Å²) in [6.07, 6.45) is 2.93. The first-order valence-corrected chi connectivity index (χ1v) is 6.99. The lowest BCUT2D eigenvalue weighted by Gasteiger charge is -2.05. The first-order chi connectivity index (χ1) is 11.0. The molecule has 0 bridgehead atoms. The van der Waals surface area contributed by atoms with Gasteiger partial charge in [0.1, 0.15) is 23.4 Å². The molecule has 0 unspecified atom stereocenters. The summed E-state index contributed by atoms with van der Waals surface area (Å²) < 4.78 is 12.9. The molecule has 0 saturated carbocycles. The van der Waals surface area contributed by atoms with E-state index in [1.165, 1.54) is 21.8 Å². The SMILES string of the molecule is Cc1cc(COC(=O)CCn2cnc3c(cnn3C)c2=O)no1. The molecule has 0 aliphatic heterocycles. The molecule has 23 heavy (non-hydrogen) atoms. The molecule has 0 spiro atoms. The highest BCUT2D eigenvalue weighted by molar-refractivity contribution is 5.73. The Labute approximate surface area is 130 Å². The molecular weight excluding hydrogens is 302 g/mol. The first kappa shape index (κ1) is 14.9. The van der Waals surface area contributed by atoms with Crippen LogP contribution in [0, 0.1) is 6.92 Å². The van der Waals surface area contributed by atoms with E-state index >= 15 is 0 Å². The van der Waals surface area contributed by atoms with Gasteiger partial charge in [-0.1, -0.05) is 5.16 Å². The summed E-state index contributed by atoms with van der Waals surface area (Å²) in [4.78, 5) is 28.1. The van der Waals surface area contributed by atoms with Crippen molar-refractivity contribution in [3.05, 3.63) is 40.4 Å². The van der Waals surface area contributed by atoms with Crippen molar-refractivity contribution in [2.45, 2.75) is 26.5 Å². The molecule has 0 aliphatic carbocycles. The molecule has 3 rings (SSSR count). The average Bonchev–Trinajstić information content (AvgIpc) is 3.11. The van der Waals surface area contributed by atoms with Gasteiger partial charge in [-0.15, -0.1) is 0 Å². The highest BCUT2D eigenvalue weighted by Gasteiger charge is 2.10. The van der Waals surface area contributed by atoms with Gasteiger partial charge < -0.3 is 9.26 Å². The fraction of sp³-hybridized carbons (Fsp3) is 0.357. The Hall–Kier alpha value is -2.97. The lowest BCUT2D eigenvalue weighted by molar-refractivity contribution is -0.145. The van der Waals surface area contributed by atoms with Gasteiger partial charge in [0, 0.05) is 19.7 Å². The molecule has 3 aromatic rings. The number of esters is 1. The van der Waals surface area contributed by atoms with Crippen LogP contribution in [0.3, 0.4) is 0 Å². The summed E-state index contributed by atoms with van der Waals surface area (Å²) in [5.41, 5.74) is 0.824. The lowest BCUT2D eigenvalue weighted by atomic mass is 10.4. The van der Waals surface area contributed by atoms with E-state index in [0.29, 0.717) is 22.5 Å². The number of hydrogen-bond acceptors (Lipinski definition) is 7. The second-order valence-electron chi connectivity index (χ2n) is 5.09. The van der Waals surface area contributed by atoms with E-state index in [9.17, 15) is 9.59 Å². The van der Waals surface area contributed by atoms with Gasteiger partial charge in [-0.3, -0.25) is 18.8 Å². The number of aromatic nitrogens is 5. The third-order valence-corrected chi connectivity index (χ3v) is 3.33. The van der Waals surface area contributed by atoms with Gasteiger partial charge in [0.15, 0.2) is 5.65 Å². The van der Waals surface area contributed by atoms with Crippen LogP contribution in [0.2, 0.25) is 0 Å². The van der Waals surface area contributed by atoms with E-state index in [4.69, 9.17) is 9.26 Å². The number of aryl methyl sites for hydroxylation is 3. The molecule has 0 atom stereocenters. The zero-order valence-corrected chi connectivity index (χ0v) is 12.7. The maximum Gasteiger partial charge on any atom is 0.307 e. The molecule has 0 fully saturated rings. The van der Waals surface area contributed by atoms with Gasteiger partial charge in [0.25, 0.3) is 5.56 Å². The van der Waals surface area contributed by atoms with Crippen LogP contribution in [-0.4, -0.2) is 30.5 Å². The van der Waals surface area contributed by atoms with E-state index in [1.807, 2.05) is 0 Å². The lowest BCUT2D eigenvalue weighted by Crippen LogP contribution is -2.22. The quantitative estimate of drug-likeness (QED) is 0.633. The van der Waals surface area contributed by atoms with Crippen molar-refractivity contribution in [3.63, 3.8) is 0 Å². The van der Waals surface area contributed by atoms with Gasteiger partial charge >= 0.3 is 5.97 Å². The molecule has 0 saturated heterocycles. The monoisotopic (exact) mass is 317 g/mol. The van der Waals surface area contributed by atoms with Gasteiger partial charge in [-0.2, -0.15) is 5.10 Å². The molecule has 0 aromatic carbocycles. The van der Waals surface area contributed by atoms with E-state index in [2.05, 4.69) is 15.2 Å². The Kier molecular flexibility index (Phi) is 3.92. The Morgan fingerprint density at radius 3 is 3.00 bits per heavy atom. The second kappa shape index (κ2) is 6.03. The van der Waals surface area contributed by atoms with Crippen molar-refractivity contribution in [2.75, 3.05) is 0 Å². The molecule has 9 nitrogen and oxygen atoms in total. The van der Waals surface area contributed by atoms with Gasteiger partial charge in [0.2, 0.25) is 0 Å². The summed E-state index contributed by atoms with van der Waals surface area (Å²) in [5, 5.41) is 8.14. The largest absolute Gasteiger partial charge is 0.459 e. The molecule has 3 aromatic heterocycles. The Morgan fingerprint density at radius 2 is 2.26 bits per heavy atom. The van der Waals surface area contributed by atoms with E-state index < -0.39 is 5.97 Å². The van der Waals surface area contributed by atoms with Crippen molar-refractivity contribution >= 4 is 17.0 Å². The number of fused-ring (bicyclic) bond motifs is 1. The molecule has 0 aliphatic rings. The third kappa shape index (κ3) is 3.12. The molecular formula is C14H15N5O4. The van der Waals surface area contributed by atoms with Crippen LogP contribution in [0.5, 0.6) is 0 Å². The zero-order chi connectivity index (χ0) is 16.4. The Bertz CT molecular complexity index is 907. The van der Waals surface area contributed by atoms with Crippen LogP contribution in [0.25, 0.3) is 11.0 Å². The molecule has 0 N–H and O–H groups in total. The summed E-state index contributed by atoms with van der Waals surface area (Å²) in [6, 6.07) is 1.69. The Balaban J connectivity index is 1.60. The second-order valence-corrected chi connectivity index (χ2v) is 5.09. The van der Waals surface area contributed by atoms with Crippen LogP contribution in [0.1, 0.15) is 17.9 Å². The number of hydrogen-bond donors (Lipinski definition) is 0. The Morgan fingerprint density at radius 1 is 1.43 bits per heavy atom. The van der Waals surface area contributed by atoms with Crippen LogP contribution in [0.15, 0.2) is 27.9 Å². The predicted molar refractivity (Wildman–Crippen MR) is 78.4 cm³/mol. The molecule has 0 amide bonds. The van der Waals surface area contributed by atoms with Crippen LogP contribution < -0.4 is 5.56 Å². The minimum absolute atomic E-state index is 0.0466. The molecule has 9 heteroatoms. The zero-order valence-electron chi connectivity index (χ0n) is 12.7. The molecule has 0 radical (unpaired) electrons. The number of ether oxygens (including phenoxy) is 1. The number of carbonyl (C=O) groups is 1. The maximum absolute atomic E-state index is 12.2. The topological polar surface area (TPSA) is 105 Å². The smallest absolute Gasteiger partial charge is 0.307 e. The minimum atomic E-state index is -0.427. The summed E-state index contributed by atoms with van der Waals surface area (Å²) in [5.74, 6) is 0.224. The van der Waals surface area contributed by atoms with Crippen molar-refractivity contribution < 1.29 is 14.1 Å². The third-order valence-electron chi connectivity index (χ3n) is 3.33. The number of carbonyl (C=O) groups excluding carboxylic acids is 1. The minimum Gasteiger partial charge on any atom is -0.459 e. The van der Waals surface area contributed by atoms with Crippen molar-refractivity contribution in [3.8, 4) is 0 Å². The van der Waals surface area contributed by atoms with Crippen molar-refractivity contribution in [1.82, 2.24) is 24.5 Å². The number of nitrogens with zero attached hydrogens (tertiary/aromatic N) is 5. The predicted octanol–water partition coefficient (Wildman–Crippen LogP) is 0.560. The highest BCUT2D eigenvalue weighted by Crippen LogP contribution is 2.05. The van der Waals surface area contributed by atoms with Crippen molar-refractivity contribution in [1.29, 1.82) is 0 Å². The summed E-state index contributed by atoms with van der Waals surface area (Å²) >= 11 is 0.